The van der Waals surface area contributed by atoms with Crippen molar-refractivity contribution in [1.82, 2.24) is 5.43 Å². The van der Waals surface area contributed by atoms with Crippen LogP contribution in [0, 0.1) is 10.1 Å². The van der Waals surface area contributed by atoms with Crippen LogP contribution >= 0.6 is 11.8 Å². The van der Waals surface area contributed by atoms with Crippen LogP contribution in [0.15, 0.2) is 53.6 Å². The quantitative estimate of drug-likeness (QED) is 0.401. The molecular formula is C19H20N4O4S. The minimum absolute atomic E-state index is 0.0345. The van der Waals surface area contributed by atoms with Crippen LogP contribution in [0.2, 0.25) is 0 Å². The van der Waals surface area contributed by atoms with E-state index in [1.54, 1.807) is 43.3 Å². The van der Waals surface area contributed by atoms with Gasteiger partial charge < -0.3 is 5.32 Å². The third kappa shape index (κ3) is 6.84. The molecule has 0 heterocycles. The molecule has 0 aliphatic carbocycles. The number of anilines is 1. The van der Waals surface area contributed by atoms with Crippen molar-refractivity contribution in [3.05, 3.63) is 69.8 Å². The van der Waals surface area contributed by atoms with Crippen LogP contribution in [-0.4, -0.2) is 28.2 Å². The highest BCUT2D eigenvalue weighted by Gasteiger charge is 2.07. The number of nitro groups is 1. The fourth-order valence-electron chi connectivity index (χ4n) is 2.26. The van der Waals surface area contributed by atoms with E-state index in [4.69, 9.17) is 0 Å². The summed E-state index contributed by atoms with van der Waals surface area (Å²) in [4.78, 5) is 33.3. The van der Waals surface area contributed by atoms with Crippen molar-refractivity contribution in [2.45, 2.75) is 19.6 Å². The molecule has 0 aliphatic heterocycles. The molecule has 2 rings (SSSR count). The highest BCUT2D eigenvalue weighted by Crippen LogP contribution is 2.18. The van der Waals surface area contributed by atoms with E-state index in [-0.39, 0.29) is 23.3 Å². The molecule has 2 aromatic carbocycles. The van der Waals surface area contributed by atoms with Crippen LogP contribution in [0.5, 0.6) is 0 Å². The number of non-ortho nitro benzene ring substituents is 1. The summed E-state index contributed by atoms with van der Waals surface area (Å²) < 4.78 is 0. The van der Waals surface area contributed by atoms with Crippen molar-refractivity contribution in [3.8, 4) is 0 Å². The number of hydrogen-bond donors (Lipinski definition) is 2. The van der Waals surface area contributed by atoms with Gasteiger partial charge in [0.2, 0.25) is 11.8 Å². The van der Waals surface area contributed by atoms with Crippen LogP contribution < -0.4 is 10.7 Å². The lowest BCUT2D eigenvalue weighted by Crippen LogP contribution is -2.21. The molecule has 2 aromatic rings. The summed E-state index contributed by atoms with van der Waals surface area (Å²) in [5.74, 6) is 0.265. The van der Waals surface area contributed by atoms with Gasteiger partial charge in [0, 0.05) is 30.5 Å². The molecule has 0 atom stereocenters. The predicted molar refractivity (Wildman–Crippen MR) is 110 cm³/mol. The number of thioether (sulfide) groups is 1. The van der Waals surface area contributed by atoms with Crippen molar-refractivity contribution >= 4 is 40.7 Å². The van der Waals surface area contributed by atoms with Gasteiger partial charge in [-0.15, -0.1) is 11.8 Å². The lowest BCUT2D eigenvalue weighted by Gasteiger charge is -2.05. The Morgan fingerprint density at radius 3 is 2.50 bits per heavy atom. The fraction of sp³-hybridized carbons (Fsp3) is 0.211. The first kappa shape index (κ1) is 21.1. The summed E-state index contributed by atoms with van der Waals surface area (Å²) in [5.41, 5.74) is 5.45. The van der Waals surface area contributed by atoms with Gasteiger partial charge in [-0.1, -0.05) is 24.3 Å². The second kappa shape index (κ2) is 10.2. The Morgan fingerprint density at radius 2 is 1.86 bits per heavy atom. The maximum Gasteiger partial charge on any atom is 0.269 e. The van der Waals surface area contributed by atoms with Crippen LogP contribution in [0.4, 0.5) is 11.4 Å². The highest BCUT2D eigenvalue weighted by molar-refractivity contribution is 7.99. The monoisotopic (exact) mass is 400 g/mol. The van der Waals surface area contributed by atoms with E-state index in [9.17, 15) is 19.7 Å². The average molecular weight is 400 g/mol. The van der Waals surface area contributed by atoms with E-state index in [1.807, 2.05) is 0 Å². The molecule has 0 aliphatic rings. The summed E-state index contributed by atoms with van der Waals surface area (Å²) >= 11 is 1.35. The molecule has 28 heavy (non-hydrogen) atoms. The van der Waals surface area contributed by atoms with Gasteiger partial charge in [-0.2, -0.15) is 5.10 Å². The zero-order valence-corrected chi connectivity index (χ0v) is 16.3. The lowest BCUT2D eigenvalue weighted by molar-refractivity contribution is -0.384. The number of nitrogens with one attached hydrogen (secondary N) is 2. The van der Waals surface area contributed by atoms with Gasteiger partial charge in [-0.25, -0.2) is 5.43 Å². The van der Waals surface area contributed by atoms with Crippen molar-refractivity contribution in [2.75, 3.05) is 11.1 Å². The maximum absolute atomic E-state index is 11.9. The van der Waals surface area contributed by atoms with Gasteiger partial charge in [-0.05, 0) is 30.2 Å². The van der Waals surface area contributed by atoms with E-state index in [0.29, 0.717) is 17.2 Å². The molecule has 2 amide bonds. The van der Waals surface area contributed by atoms with Crippen LogP contribution in [0.3, 0.4) is 0 Å². The average Bonchev–Trinajstić information content (AvgIpc) is 2.66. The van der Waals surface area contributed by atoms with E-state index in [1.165, 1.54) is 30.8 Å². The Hall–Kier alpha value is -3.20. The standard InChI is InChI=1S/C19H20N4O4S/c1-13(16-6-8-17(9-7-16)20-14(2)24)21-22-19(25)12-28-11-15-4-3-5-18(10-15)23(26)27/h3-10H,11-12H2,1-2H3,(H,20,24)(H,22,25)/b21-13-. The molecule has 2 N–H and O–H groups in total. The SMILES string of the molecule is CC(=O)Nc1ccc(/C(C)=N\NC(=O)CSCc2cccc([N+](=O)[O-])c2)cc1. The molecule has 9 heteroatoms. The number of carbonyl (C=O) groups is 2. The summed E-state index contributed by atoms with van der Waals surface area (Å²) in [6, 6.07) is 13.4. The van der Waals surface area contributed by atoms with E-state index in [0.717, 1.165) is 11.1 Å². The minimum Gasteiger partial charge on any atom is -0.326 e. The Morgan fingerprint density at radius 1 is 1.14 bits per heavy atom. The number of nitro benzene ring substituents is 1. The van der Waals surface area contributed by atoms with Crippen molar-refractivity contribution in [3.63, 3.8) is 0 Å². The summed E-state index contributed by atoms with van der Waals surface area (Å²) in [7, 11) is 0. The molecule has 0 spiro atoms. The first-order valence-electron chi connectivity index (χ1n) is 8.37. The van der Waals surface area contributed by atoms with Gasteiger partial charge in [0.15, 0.2) is 0 Å². The van der Waals surface area contributed by atoms with Gasteiger partial charge in [0.25, 0.3) is 5.69 Å². The van der Waals surface area contributed by atoms with E-state index < -0.39 is 4.92 Å². The third-order valence-electron chi connectivity index (χ3n) is 3.59. The second-order valence-corrected chi connectivity index (χ2v) is 6.90. The molecule has 146 valence electrons. The Bertz CT molecular complexity index is 897. The number of nitrogens with zero attached hydrogens (tertiary/aromatic N) is 2. The first-order chi connectivity index (χ1) is 13.3. The molecule has 0 fully saturated rings. The Balaban J connectivity index is 1.81. The number of amides is 2. The van der Waals surface area contributed by atoms with Crippen molar-refractivity contribution < 1.29 is 14.5 Å². The summed E-state index contributed by atoms with van der Waals surface area (Å²) in [6.45, 7) is 3.21. The number of hydrogen-bond acceptors (Lipinski definition) is 6. The normalized spacial score (nSPS) is 11.0. The number of hydrazone groups is 1. The number of rotatable bonds is 8. The smallest absolute Gasteiger partial charge is 0.269 e. The molecular weight excluding hydrogens is 380 g/mol. The first-order valence-corrected chi connectivity index (χ1v) is 9.53. The third-order valence-corrected chi connectivity index (χ3v) is 4.60. The topological polar surface area (TPSA) is 114 Å². The molecule has 8 nitrogen and oxygen atoms in total. The minimum atomic E-state index is -0.443. The molecule has 0 radical (unpaired) electrons. The Labute approximate surface area is 166 Å². The molecule has 0 aromatic heterocycles. The largest absolute Gasteiger partial charge is 0.326 e. The van der Waals surface area contributed by atoms with Gasteiger partial charge in [-0.3, -0.25) is 19.7 Å². The molecule has 0 bridgehead atoms. The summed E-state index contributed by atoms with van der Waals surface area (Å²) in [6.07, 6.45) is 0. The molecule has 0 saturated carbocycles. The van der Waals surface area contributed by atoms with Crippen LogP contribution in [0.25, 0.3) is 0 Å². The number of carbonyl (C=O) groups excluding carboxylic acids is 2. The zero-order chi connectivity index (χ0) is 20.5. The van der Waals surface area contributed by atoms with Crippen LogP contribution in [0.1, 0.15) is 25.0 Å². The molecule has 0 saturated heterocycles. The van der Waals surface area contributed by atoms with Gasteiger partial charge in [0.1, 0.15) is 0 Å². The van der Waals surface area contributed by atoms with Crippen molar-refractivity contribution in [1.29, 1.82) is 0 Å². The summed E-state index contributed by atoms with van der Waals surface area (Å²) in [5, 5.41) is 17.5. The lowest BCUT2D eigenvalue weighted by atomic mass is 10.1. The van der Waals surface area contributed by atoms with E-state index >= 15 is 0 Å². The maximum atomic E-state index is 11.9. The van der Waals surface area contributed by atoms with Gasteiger partial charge >= 0.3 is 0 Å². The van der Waals surface area contributed by atoms with Crippen molar-refractivity contribution in [2.24, 2.45) is 5.10 Å². The van der Waals surface area contributed by atoms with E-state index in [2.05, 4.69) is 15.8 Å². The highest BCUT2D eigenvalue weighted by atomic mass is 32.2. The fourth-order valence-corrected chi connectivity index (χ4v) is 3.03. The van der Waals surface area contributed by atoms with Gasteiger partial charge in [0.05, 0.1) is 16.4 Å². The zero-order valence-electron chi connectivity index (χ0n) is 15.5. The number of benzene rings is 2. The second-order valence-electron chi connectivity index (χ2n) is 5.91. The predicted octanol–water partition coefficient (Wildman–Crippen LogP) is 3.33. The van der Waals surface area contributed by atoms with Crippen LogP contribution in [-0.2, 0) is 15.3 Å². The molecule has 0 unspecified atom stereocenters. The Kier molecular flexibility index (Phi) is 7.70.